The van der Waals surface area contributed by atoms with Crippen LogP contribution in [0.1, 0.15) is 59.3 Å². The van der Waals surface area contributed by atoms with Crippen LogP contribution in [0.4, 0.5) is 0 Å². The van der Waals surface area contributed by atoms with Crippen LogP contribution in [-0.2, 0) is 0 Å². The predicted octanol–water partition coefficient (Wildman–Crippen LogP) is 2.63. The maximum absolute atomic E-state index is 2.51. The lowest BCUT2D eigenvalue weighted by Gasteiger charge is -2.49. The molecule has 3 atom stereocenters. The van der Waals surface area contributed by atoms with Gasteiger partial charge in [-0.15, -0.1) is 0 Å². The van der Waals surface area contributed by atoms with Gasteiger partial charge in [0.05, 0.1) is 0 Å². The van der Waals surface area contributed by atoms with Gasteiger partial charge in [0.1, 0.15) is 15.7 Å². The van der Waals surface area contributed by atoms with E-state index >= 15 is 0 Å². The lowest BCUT2D eigenvalue weighted by atomic mass is 9.37. The Labute approximate surface area is 104 Å². The average molecular weight is 218 g/mol. The lowest BCUT2D eigenvalue weighted by molar-refractivity contribution is 0.144. The Morgan fingerprint density at radius 2 is 1.50 bits per heavy atom. The number of hydrogen-bond donors (Lipinski definition) is 0. The molecule has 2 saturated carbocycles. The summed E-state index contributed by atoms with van der Waals surface area (Å²) in [5, 5.41) is 0.501. The van der Waals surface area contributed by atoms with E-state index in [4.69, 9.17) is 0 Å². The van der Waals surface area contributed by atoms with Gasteiger partial charge >= 0.3 is 0 Å². The zero-order valence-corrected chi connectivity index (χ0v) is 12.0. The Kier molecular flexibility index (Phi) is 3.23. The van der Waals surface area contributed by atoms with E-state index in [0.29, 0.717) is 10.6 Å². The molecule has 2 rings (SSSR count). The van der Waals surface area contributed by atoms with Crippen molar-refractivity contribution >= 4 is 15.7 Å². The van der Waals surface area contributed by atoms with Crippen molar-refractivity contribution in [3.8, 4) is 0 Å². The summed E-state index contributed by atoms with van der Waals surface area (Å²) < 4.78 is 0. The molecule has 90 valence electrons. The molecule has 0 aliphatic heterocycles. The molecule has 2 aliphatic carbocycles. The molecule has 2 fully saturated rings. The Balaban J connectivity index is 2.06. The van der Waals surface area contributed by atoms with Crippen molar-refractivity contribution in [3.05, 3.63) is 0 Å². The summed E-state index contributed by atoms with van der Waals surface area (Å²) in [6.07, 6.45) is 9.11. The molecule has 0 heterocycles. The zero-order chi connectivity index (χ0) is 12.0. The van der Waals surface area contributed by atoms with Crippen LogP contribution in [0.25, 0.3) is 0 Å². The van der Waals surface area contributed by atoms with Crippen LogP contribution in [0, 0.1) is 23.2 Å². The van der Waals surface area contributed by atoms with Crippen molar-refractivity contribution in [1.29, 1.82) is 0 Å². The molecule has 0 aromatic rings. The van der Waals surface area contributed by atoms with Crippen LogP contribution in [0.2, 0.25) is 5.21 Å². The minimum Gasteiger partial charge on any atom is -0.0771 e. The van der Waals surface area contributed by atoms with Crippen LogP contribution >= 0.6 is 0 Å². The highest BCUT2D eigenvalue weighted by atomic mass is 14.4. The van der Waals surface area contributed by atoms with E-state index < -0.39 is 0 Å². The van der Waals surface area contributed by atoms with E-state index in [1.165, 1.54) is 38.5 Å². The molecule has 0 radical (unpaired) electrons. The first-order valence-corrected chi connectivity index (χ1v) is 7.32. The summed E-state index contributed by atoms with van der Waals surface area (Å²) in [6, 6.07) is 0. The van der Waals surface area contributed by atoms with E-state index in [0.717, 1.165) is 17.8 Å². The van der Waals surface area contributed by atoms with Gasteiger partial charge in [-0.1, -0.05) is 51.7 Å². The van der Waals surface area contributed by atoms with E-state index in [9.17, 15) is 0 Å². The van der Waals surface area contributed by atoms with Gasteiger partial charge in [0.15, 0.2) is 0 Å². The van der Waals surface area contributed by atoms with Gasteiger partial charge in [-0.3, -0.25) is 0 Å². The SMILES string of the molecule is BC(B)(C1CCC2CCCC2C1)C(C)(C)C. The fraction of sp³-hybridized carbons (Fsp3) is 1.00. The minimum absolute atomic E-state index is 0.448. The molecule has 0 bridgehead atoms. The molecular weight excluding hydrogens is 190 g/mol. The highest BCUT2D eigenvalue weighted by Gasteiger charge is 2.44. The summed E-state index contributed by atoms with van der Waals surface area (Å²) in [6.45, 7) is 7.27. The Hall–Kier alpha value is 0.130. The summed E-state index contributed by atoms with van der Waals surface area (Å²) in [5.41, 5.74) is 0.448. The summed E-state index contributed by atoms with van der Waals surface area (Å²) in [4.78, 5) is 0. The predicted molar refractivity (Wildman–Crippen MR) is 77.4 cm³/mol. The standard InChI is InChI=1S/C14H28B2/c1-13(2,3)14(15,16)12-8-7-10-5-4-6-11(10)9-12/h10-12H,4-9,15-16H2,1-3H3. The second-order valence-corrected chi connectivity index (χ2v) is 7.93. The second kappa shape index (κ2) is 4.10. The fourth-order valence-corrected chi connectivity index (χ4v) is 3.97. The van der Waals surface area contributed by atoms with Gasteiger partial charge in [0.25, 0.3) is 0 Å². The summed E-state index contributed by atoms with van der Waals surface area (Å²) in [5.74, 6) is 3.15. The molecule has 0 nitrogen and oxygen atoms in total. The minimum atomic E-state index is 0.448. The van der Waals surface area contributed by atoms with Gasteiger partial charge < -0.3 is 0 Å². The molecule has 0 saturated heterocycles. The molecule has 0 aromatic carbocycles. The fourth-order valence-electron chi connectivity index (χ4n) is 3.97. The van der Waals surface area contributed by atoms with Crippen LogP contribution in [0.15, 0.2) is 0 Å². The van der Waals surface area contributed by atoms with Gasteiger partial charge in [-0.05, 0) is 36.0 Å². The smallest absolute Gasteiger partial charge is 0.0771 e. The van der Waals surface area contributed by atoms with E-state index in [2.05, 4.69) is 36.5 Å². The monoisotopic (exact) mass is 218 g/mol. The lowest BCUT2D eigenvalue weighted by Crippen LogP contribution is -2.40. The van der Waals surface area contributed by atoms with Crippen LogP contribution in [0.3, 0.4) is 0 Å². The largest absolute Gasteiger partial charge is 0.100 e. The highest BCUT2D eigenvalue weighted by Crippen LogP contribution is 2.55. The second-order valence-electron chi connectivity index (χ2n) is 7.93. The van der Waals surface area contributed by atoms with Crippen molar-refractivity contribution < 1.29 is 0 Å². The molecule has 16 heavy (non-hydrogen) atoms. The summed E-state index contributed by atoms with van der Waals surface area (Å²) >= 11 is 0. The molecule has 2 heteroatoms. The number of fused-ring (bicyclic) bond motifs is 1. The van der Waals surface area contributed by atoms with Gasteiger partial charge in [0.2, 0.25) is 0 Å². The van der Waals surface area contributed by atoms with Crippen molar-refractivity contribution in [3.63, 3.8) is 0 Å². The topological polar surface area (TPSA) is 0 Å². The van der Waals surface area contributed by atoms with E-state index in [-0.39, 0.29) is 0 Å². The van der Waals surface area contributed by atoms with Crippen LogP contribution in [-0.4, -0.2) is 15.7 Å². The Morgan fingerprint density at radius 3 is 2.12 bits per heavy atom. The maximum Gasteiger partial charge on any atom is 0.100 e. The molecule has 0 aromatic heterocycles. The molecule has 0 amide bonds. The molecule has 2 aliphatic rings. The first-order chi connectivity index (χ1) is 7.32. The number of rotatable bonds is 1. The third-order valence-electron chi connectivity index (χ3n) is 6.24. The third kappa shape index (κ3) is 2.09. The van der Waals surface area contributed by atoms with Crippen molar-refractivity contribution in [1.82, 2.24) is 0 Å². The molecule has 0 N–H and O–H groups in total. The maximum atomic E-state index is 2.51. The van der Waals surface area contributed by atoms with Gasteiger partial charge in [-0.25, -0.2) is 0 Å². The van der Waals surface area contributed by atoms with Crippen molar-refractivity contribution in [2.75, 3.05) is 0 Å². The first kappa shape index (κ1) is 12.6. The normalized spacial score (nSPS) is 36.1. The van der Waals surface area contributed by atoms with Gasteiger partial charge in [0, 0.05) is 0 Å². The van der Waals surface area contributed by atoms with Crippen LogP contribution in [0.5, 0.6) is 0 Å². The van der Waals surface area contributed by atoms with Crippen molar-refractivity contribution in [2.45, 2.75) is 64.5 Å². The zero-order valence-electron chi connectivity index (χ0n) is 12.0. The molecular formula is C14H28B2. The highest BCUT2D eigenvalue weighted by molar-refractivity contribution is 6.40. The molecule has 0 spiro atoms. The summed E-state index contributed by atoms with van der Waals surface area (Å²) in [7, 11) is 5.01. The quantitative estimate of drug-likeness (QED) is 0.593. The van der Waals surface area contributed by atoms with Gasteiger partial charge in [-0.2, -0.15) is 0 Å². The Bertz CT molecular complexity index is 252. The molecule has 3 unspecified atom stereocenters. The number of hydrogen-bond acceptors (Lipinski definition) is 0. The third-order valence-corrected chi connectivity index (χ3v) is 6.24. The average Bonchev–Trinajstić information content (AvgIpc) is 2.61. The van der Waals surface area contributed by atoms with E-state index in [1.54, 1.807) is 0 Å². The van der Waals surface area contributed by atoms with Crippen molar-refractivity contribution in [2.24, 2.45) is 23.2 Å². The van der Waals surface area contributed by atoms with Crippen LogP contribution < -0.4 is 0 Å². The van der Waals surface area contributed by atoms with E-state index in [1.807, 2.05) is 0 Å². The Morgan fingerprint density at radius 1 is 0.875 bits per heavy atom. The first-order valence-electron chi connectivity index (χ1n) is 7.32.